The average Bonchev–Trinajstić information content (AvgIpc) is 3.06. The molecule has 0 amide bonds. The summed E-state index contributed by atoms with van der Waals surface area (Å²) in [6.07, 6.45) is 1.53. The Labute approximate surface area is 126 Å². The Hall–Kier alpha value is -2.58. The van der Waals surface area contributed by atoms with Crippen molar-refractivity contribution in [1.29, 1.82) is 5.26 Å². The van der Waals surface area contributed by atoms with Gasteiger partial charge in [-0.05, 0) is 29.7 Å². The van der Waals surface area contributed by atoms with Crippen molar-refractivity contribution in [1.82, 2.24) is 0 Å². The summed E-state index contributed by atoms with van der Waals surface area (Å²) in [5, 5.41) is 11.0. The van der Waals surface area contributed by atoms with Crippen LogP contribution in [0.1, 0.15) is 15.2 Å². The molecule has 0 bridgehead atoms. The van der Waals surface area contributed by atoms with Gasteiger partial charge in [0.2, 0.25) is 5.78 Å². The third-order valence-electron chi connectivity index (χ3n) is 2.85. The first kappa shape index (κ1) is 14.8. The summed E-state index contributed by atoms with van der Waals surface area (Å²) >= 11 is 1.31. The smallest absolute Gasteiger partial charge is 0.213 e. The number of allylic oxidation sites excluding steroid dienone is 1. The average molecular weight is 299 g/mol. The Kier molecular flexibility index (Phi) is 4.75. The largest absolute Gasteiger partial charge is 0.497 e. The fourth-order valence-electron chi connectivity index (χ4n) is 1.78. The second kappa shape index (κ2) is 6.73. The number of rotatable bonds is 5. The van der Waals surface area contributed by atoms with E-state index in [-0.39, 0.29) is 11.4 Å². The van der Waals surface area contributed by atoms with Crippen LogP contribution in [0.5, 0.6) is 11.5 Å². The molecule has 106 valence electrons. The van der Waals surface area contributed by atoms with Gasteiger partial charge in [0.15, 0.2) is 0 Å². The van der Waals surface area contributed by atoms with Gasteiger partial charge in [-0.25, -0.2) is 0 Å². The van der Waals surface area contributed by atoms with Gasteiger partial charge in [0, 0.05) is 11.6 Å². The number of nitriles is 1. The highest BCUT2D eigenvalue weighted by molar-refractivity contribution is 7.12. The summed E-state index contributed by atoms with van der Waals surface area (Å²) in [5.41, 5.74) is 0.723. The molecule has 0 atom stereocenters. The third-order valence-corrected chi connectivity index (χ3v) is 3.72. The molecule has 0 radical (unpaired) electrons. The molecule has 0 aliphatic rings. The monoisotopic (exact) mass is 299 g/mol. The van der Waals surface area contributed by atoms with Crippen LogP contribution in [-0.2, 0) is 0 Å². The van der Waals surface area contributed by atoms with Crippen LogP contribution in [0.4, 0.5) is 0 Å². The fraction of sp³-hybridized carbons (Fsp3) is 0.125. The zero-order valence-corrected chi connectivity index (χ0v) is 12.4. The first-order chi connectivity index (χ1) is 10.2. The van der Waals surface area contributed by atoms with E-state index in [1.165, 1.54) is 24.5 Å². The Morgan fingerprint density at radius 3 is 2.67 bits per heavy atom. The molecule has 1 aromatic heterocycles. The van der Waals surface area contributed by atoms with E-state index in [9.17, 15) is 10.1 Å². The number of methoxy groups -OCH3 is 2. The van der Waals surface area contributed by atoms with E-state index in [2.05, 4.69) is 0 Å². The molecule has 0 spiro atoms. The van der Waals surface area contributed by atoms with E-state index in [4.69, 9.17) is 9.47 Å². The molecule has 0 saturated heterocycles. The van der Waals surface area contributed by atoms with Gasteiger partial charge in [-0.1, -0.05) is 6.07 Å². The number of nitrogens with zero attached hydrogens (tertiary/aromatic N) is 1. The van der Waals surface area contributed by atoms with Crippen molar-refractivity contribution in [2.24, 2.45) is 0 Å². The summed E-state index contributed by atoms with van der Waals surface area (Å²) in [6.45, 7) is 0. The molecule has 0 saturated carbocycles. The highest BCUT2D eigenvalue weighted by Gasteiger charge is 2.14. The summed E-state index contributed by atoms with van der Waals surface area (Å²) in [6, 6.07) is 10.6. The number of ether oxygens (including phenoxy) is 2. The lowest BCUT2D eigenvalue weighted by atomic mass is 10.1. The highest BCUT2D eigenvalue weighted by Crippen LogP contribution is 2.27. The predicted molar refractivity (Wildman–Crippen MR) is 81.8 cm³/mol. The van der Waals surface area contributed by atoms with Crippen LogP contribution in [0.2, 0.25) is 0 Å². The molecule has 2 aromatic rings. The maximum atomic E-state index is 12.2. The molecule has 0 aliphatic heterocycles. The summed E-state index contributed by atoms with van der Waals surface area (Å²) in [7, 11) is 3.09. The minimum atomic E-state index is -0.287. The number of hydrogen-bond acceptors (Lipinski definition) is 5. The molecule has 1 aromatic carbocycles. The standard InChI is InChI=1S/C16H13NO3S/c1-19-13-6-5-11(14(9-13)20-2)8-12(10-17)16(18)15-4-3-7-21-15/h3-9H,1-2H3/b12-8+. The van der Waals surface area contributed by atoms with Crippen molar-refractivity contribution in [2.75, 3.05) is 14.2 Å². The van der Waals surface area contributed by atoms with E-state index >= 15 is 0 Å². The van der Waals surface area contributed by atoms with Crippen molar-refractivity contribution in [3.63, 3.8) is 0 Å². The molecule has 1 heterocycles. The van der Waals surface area contributed by atoms with Crippen LogP contribution in [-0.4, -0.2) is 20.0 Å². The first-order valence-corrected chi connectivity index (χ1v) is 6.99. The number of thiophene rings is 1. The SMILES string of the molecule is COc1ccc(/C=C(\C#N)C(=O)c2cccs2)c(OC)c1. The second-order valence-electron chi connectivity index (χ2n) is 4.08. The molecule has 0 aliphatic carbocycles. The Bertz CT molecular complexity index is 712. The van der Waals surface area contributed by atoms with Crippen LogP contribution in [0, 0.1) is 11.3 Å². The Morgan fingerprint density at radius 2 is 2.10 bits per heavy atom. The molecule has 5 heteroatoms. The van der Waals surface area contributed by atoms with Crippen LogP contribution < -0.4 is 9.47 Å². The van der Waals surface area contributed by atoms with Gasteiger partial charge in [-0.3, -0.25) is 4.79 Å². The van der Waals surface area contributed by atoms with Gasteiger partial charge in [0.05, 0.1) is 19.1 Å². The maximum absolute atomic E-state index is 12.2. The van der Waals surface area contributed by atoms with Gasteiger partial charge in [-0.2, -0.15) is 5.26 Å². The van der Waals surface area contributed by atoms with Gasteiger partial charge in [0.25, 0.3) is 0 Å². The van der Waals surface area contributed by atoms with Gasteiger partial charge >= 0.3 is 0 Å². The number of hydrogen-bond donors (Lipinski definition) is 0. The summed E-state index contributed by atoms with van der Waals surface area (Å²) in [4.78, 5) is 12.8. The van der Waals surface area contributed by atoms with Crippen LogP contribution in [0.25, 0.3) is 6.08 Å². The molecule has 0 fully saturated rings. The topological polar surface area (TPSA) is 59.3 Å². The Morgan fingerprint density at radius 1 is 1.29 bits per heavy atom. The van der Waals surface area contributed by atoms with Crippen LogP contribution in [0.3, 0.4) is 0 Å². The third kappa shape index (κ3) is 3.30. The molecule has 2 rings (SSSR count). The van der Waals surface area contributed by atoms with Crippen molar-refractivity contribution in [2.45, 2.75) is 0 Å². The van der Waals surface area contributed by atoms with Crippen LogP contribution >= 0.6 is 11.3 Å². The highest BCUT2D eigenvalue weighted by atomic mass is 32.1. The lowest BCUT2D eigenvalue weighted by Crippen LogP contribution is -1.99. The van der Waals surface area contributed by atoms with E-state index < -0.39 is 0 Å². The number of carbonyl (C=O) groups excluding carboxylic acids is 1. The van der Waals surface area contributed by atoms with Crippen LogP contribution in [0.15, 0.2) is 41.3 Å². The number of Topliss-reactive ketones (excluding diaryl/α,β-unsaturated/α-hetero) is 1. The fourth-order valence-corrected chi connectivity index (χ4v) is 2.46. The number of benzene rings is 1. The molecular formula is C16H13NO3S. The van der Waals surface area contributed by atoms with E-state index in [0.717, 1.165) is 0 Å². The van der Waals surface area contributed by atoms with E-state index in [1.807, 2.05) is 6.07 Å². The van der Waals surface area contributed by atoms with Crippen molar-refractivity contribution in [3.05, 3.63) is 51.7 Å². The van der Waals surface area contributed by atoms with Crippen molar-refractivity contribution >= 4 is 23.2 Å². The normalized spacial score (nSPS) is 10.8. The predicted octanol–water partition coefficient (Wildman–Crippen LogP) is 3.56. The van der Waals surface area contributed by atoms with Gasteiger partial charge in [0.1, 0.15) is 23.1 Å². The zero-order valence-electron chi connectivity index (χ0n) is 11.6. The Balaban J connectivity index is 2.41. The lowest BCUT2D eigenvalue weighted by Gasteiger charge is -2.07. The first-order valence-electron chi connectivity index (χ1n) is 6.11. The van der Waals surface area contributed by atoms with Crippen molar-refractivity contribution in [3.8, 4) is 17.6 Å². The van der Waals surface area contributed by atoms with E-state index in [1.54, 1.807) is 42.8 Å². The molecule has 0 N–H and O–H groups in total. The zero-order chi connectivity index (χ0) is 15.2. The number of carbonyl (C=O) groups is 1. The second-order valence-corrected chi connectivity index (χ2v) is 5.03. The molecule has 0 unspecified atom stereocenters. The molecule has 21 heavy (non-hydrogen) atoms. The summed E-state index contributed by atoms with van der Waals surface area (Å²) < 4.78 is 10.4. The minimum absolute atomic E-state index is 0.0703. The van der Waals surface area contributed by atoms with Gasteiger partial charge < -0.3 is 9.47 Å². The summed E-state index contributed by atoms with van der Waals surface area (Å²) in [5.74, 6) is 0.901. The molecule has 4 nitrogen and oxygen atoms in total. The minimum Gasteiger partial charge on any atom is -0.497 e. The van der Waals surface area contributed by atoms with Crippen molar-refractivity contribution < 1.29 is 14.3 Å². The van der Waals surface area contributed by atoms with E-state index in [0.29, 0.717) is 21.9 Å². The lowest BCUT2D eigenvalue weighted by molar-refractivity contribution is 0.104. The number of ketones is 1. The van der Waals surface area contributed by atoms with Gasteiger partial charge in [-0.15, -0.1) is 11.3 Å². The maximum Gasteiger partial charge on any atom is 0.213 e. The molecular weight excluding hydrogens is 286 g/mol. The quantitative estimate of drug-likeness (QED) is 0.481.